The molecule has 0 radical (unpaired) electrons. The summed E-state index contributed by atoms with van der Waals surface area (Å²) in [4.78, 5) is 26.2. The molecule has 184 valence electrons. The molecule has 2 aromatic heterocycles. The number of nitrogens with one attached hydrogen (secondary N) is 1. The minimum absolute atomic E-state index is 0.0435. The maximum Gasteiger partial charge on any atom is 0.296 e. The SMILES string of the molecule is O=C(c1ccc(Oc2nc3nc(O[C@@H]4COC5[C@H](O)CO[C@@H]54)[nH]c3cc2Cl)cc1)N1CCOCC1. The van der Waals surface area contributed by atoms with Gasteiger partial charge in [-0.2, -0.15) is 9.97 Å². The lowest BCUT2D eigenvalue weighted by atomic mass is 10.1. The van der Waals surface area contributed by atoms with Gasteiger partial charge in [-0.1, -0.05) is 11.6 Å². The Kier molecular flexibility index (Phi) is 5.94. The number of ether oxygens (including phenoxy) is 5. The van der Waals surface area contributed by atoms with E-state index in [0.717, 1.165) is 0 Å². The first-order chi connectivity index (χ1) is 17.0. The molecule has 0 saturated carbocycles. The predicted molar refractivity (Wildman–Crippen MR) is 122 cm³/mol. The van der Waals surface area contributed by atoms with Gasteiger partial charge >= 0.3 is 0 Å². The molecule has 3 fully saturated rings. The summed E-state index contributed by atoms with van der Waals surface area (Å²) in [5.74, 6) is 0.615. The number of nitrogens with zero attached hydrogens (tertiary/aromatic N) is 3. The number of aliphatic hydroxyl groups excluding tert-OH is 1. The number of halogens is 1. The summed E-state index contributed by atoms with van der Waals surface area (Å²) in [7, 11) is 0. The van der Waals surface area contributed by atoms with Crippen molar-refractivity contribution in [1.29, 1.82) is 0 Å². The van der Waals surface area contributed by atoms with E-state index < -0.39 is 18.3 Å². The highest BCUT2D eigenvalue weighted by atomic mass is 35.5. The first kappa shape index (κ1) is 22.5. The van der Waals surface area contributed by atoms with Gasteiger partial charge < -0.3 is 38.7 Å². The summed E-state index contributed by atoms with van der Waals surface area (Å²) >= 11 is 6.39. The second-order valence-electron chi connectivity index (χ2n) is 8.54. The van der Waals surface area contributed by atoms with E-state index in [-0.39, 0.29) is 42.1 Å². The van der Waals surface area contributed by atoms with Crippen LogP contribution < -0.4 is 9.47 Å². The highest BCUT2D eigenvalue weighted by molar-refractivity contribution is 6.32. The van der Waals surface area contributed by atoms with Crippen molar-refractivity contribution in [3.05, 3.63) is 40.9 Å². The van der Waals surface area contributed by atoms with Crippen LogP contribution in [0.3, 0.4) is 0 Å². The van der Waals surface area contributed by atoms with Crippen molar-refractivity contribution in [2.75, 3.05) is 39.5 Å². The summed E-state index contributed by atoms with van der Waals surface area (Å²) in [6.07, 6.45) is -1.81. The monoisotopic (exact) mass is 502 g/mol. The average molecular weight is 503 g/mol. The normalized spacial score (nSPS) is 26.2. The molecule has 35 heavy (non-hydrogen) atoms. The number of morpholine rings is 1. The number of pyridine rings is 1. The second kappa shape index (κ2) is 9.25. The molecule has 0 aliphatic carbocycles. The number of carbonyl (C=O) groups excluding carboxylic acids is 1. The average Bonchev–Trinajstić information content (AvgIpc) is 3.57. The van der Waals surface area contributed by atoms with Crippen LogP contribution in [0.4, 0.5) is 0 Å². The summed E-state index contributed by atoms with van der Waals surface area (Å²) in [5, 5.41) is 10.2. The van der Waals surface area contributed by atoms with E-state index in [1.165, 1.54) is 0 Å². The number of aromatic nitrogens is 3. The summed E-state index contributed by atoms with van der Waals surface area (Å²) in [5.41, 5.74) is 1.51. The van der Waals surface area contributed by atoms with Gasteiger partial charge in [-0.3, -0.25) is 4.79 Å². The first-order valence-corrected chi connectivity index (χ1v) is 11.7. The number of hydrogen-bond acceptors (Lipinski definition) is 9. The third-order valence-corrected chi connectivity index (χ3v) is 6.50. The molecule has 1 aromatic carbocycles. The van der Waals surface area contributed by atoms with Gasteiger partial charge in [0.05, 0.1) is 31.9 Å². The number of aromatic amines is 1. The fourth-order valence-corrected chi connectivity index (χ4v) is 4.61. The van der Waals surface area contributed by atoms with Gasteiger partial charge in [-0.05, 0) is 30.3 Å². The summed E-state index contributed by atoms with van der Waals surface area (Å²) < 4.78 is 28.2. The van der Waals surface area contributed by atoms with Gasteiger partial charge in [-0.25, -0.2) is 0 Å². The lowest BCUT2D eigenvalue weighted by Crippen LogP contribution is -2.40. The molecule has 4 atom stereocenters. The van der Waals surface area contributed by atoms with Crippen LogP contribution in [0.25, 0.3) is 11.2 Å². The van der Waals surface area contributed by atoms with Crippen molar-refractivity contribution in [3.63, 3.8) is 0 Å². The molecule has 1 amide bonds. The van der Waals surface area contributed by atoms with E-state index in [0.29, 0.717) is 48.8 Å². The molecule has 1 unspecified atom stereocenters. The van der Waals surface area contributed by atoms with Crippen LogP contribution in [0, 0.1) is 0 Å². The predicted octanol–water partition coefficient (Wildman–Crippen LogP) is 1.78. The number of carbonyl (C=O) groups is 1. The highest BCUT2D eigenvalue weighted by Gasteiger charge is 2.48. The van der Waals surface area contributed by atoms with E-state index in [4.69, 9.17) is 35.3 Å². The Balaban J connectivity index is 1.15. The van der Waals surface area contributed by atoms with Crippen molar-refractivity contribution in [3.8, 4) is 17.6 Å². The summed E-state index contributed by atoms with van der Waals surface area (Å²) in [6, 6.07) is 8.70. The van der Waals surface area contributed by atoms with Gasteiger partial charge in [0.1, 0.15) is 29.1 Å². The lowest BCUT2D eigenvalue weighted by molar-refractivity contribution is 0.00706. The van der Waals surface area contributed by atoms with Crippen LogP contribution in [-0.4, -0.2) is 94.8 Å². The van der Waals surface area contributed by atoms with Gasteiger partial charge in [-0.15, -0.1) is 0 Å². The molecule has 3 saturated heterocycles. The maximum absolute atomic E-state index is 12.6. The number of aliphatic hydroxyl groups is 1. The van der Waals surface area contributed by atoms with Crippen molar-refractivity contribution in [2.45, 2.75) is 24.4 Å². The lowest BCUT2D eigenvalue weighted by Gasteiger charge is -2.26. The Labute approximate surface area is 204 Å². The van der Waals surface area contributed by atoms with Crippen LogP contribution in [0.2, 0.25) is 5.02 Å². The van der Waals surface area contributed by atoms with E-state index in [2.05, 4.69) is 15.0 Å². The molecule has 11 nitrogen and oxygen atoms in total. The minimum Gasteiger partial charge on any atom is -0.456 e. The standard InChI is InChI=1S/C23H23ClN4O7/c24-14-9-15-20(27-23(25-15)35-17-11-33-18-16(29)10-32-19(17)18)26-21(14)34-13-3-1-12(2-4-13)22(30)28-5-7-31-8-6-28/h1-4,9,16-19,29H,5-8,10-11H2,(H,25,26,27)/t16-,17-,18?,19-/m1/s1. The highest BCUT2D eigenvalue weighted by Crippen LogP contribution is 2.33. The fraction of sp³-hybridized carbons (Fsp3) is 0.435. The van der Waals surface area contributed by atoms with Crippen molar-refractivity contribution in [2.24, 2.45) is 0 Å². The number of imidazole rings is 1. The van der Waals surface area contributed by atoms with Gasteiger partial charge in [0.2, 0.25) is 5.88 Å². The zero-order valence-corrected chi connectivity index (χ0v) is 19.3. The molecule has 3 aromatic rings. The number of H-pyrrole nitrogens is 1. The van der Waals surface area contributed by atoms with E-state index in [1.54, 1.807) is 35.2 Å². The van der Waals surface area contributed by atoms with Gasteiger partial charge in [0, 0.05) is 18.7 Å². The van der Waals surface area contributed by atoms with Crippen LogP contribution in [-0.2, 0) is 14.2 Å². The molecule has 2 N–H and O–H groups in total. The first-order valence-electron chi connectivity index (χ1n) is 11.3. The van der Waals surface area contributed by atoms with Crippen molar-refractivity contribution < 1.29 is 33.6 Å². The Morgan fingerprint density at radius 2 is 1.89 bits per heavy atom. The smallest absolute Gasteiger partial charge is 0.296 e. The number of fused-ring (bicyclic) bond motifs is 2. The summed E-state index contributed by atoms with van der Waals surface area (Å²) in [6.45, 7) is 2.76. The zero-order chi connectivity index (χ0) is 23.9. The zero-order valence-electron chi connectivity index (χ0n) is 18.6. The van der Waals surface area contributed by atoms with Gasteiger partial charge in [0.15, 0.2) is 11.8 Å². The van der Waals surface area contributed by atoms with E-state index >= 15 is 0 Å². The molecule has 6 rings (SSSR count). The largest absolute Gasteiger partial charge is 0.456 e. The number of rotatable bonds is 5. The molecule has 3 aliphatic heterocycles. The van der Waals surface area contributed by atoms with Crippen LogP contribution in [0.5, 0.6) is 17.6 Å². The van der Waals surface area contributed by atoms with Crippen LogP contribution in [0.1, 0.15) is 10.4 Å². The third-order valence-electron chi connectivity index (χ3n) is 6.23. The number of amides is 1. The maximum atomic E-state index is 12.6. The van der Waals surface area contributed by atoms with E-state index in [9.17, 15) is 9.90 Å². The Bertz CT molecular complexity index is 1230. The molecule has 0 spiro atoms. The minimum atomic E-state index is -0.656. The van der Waals surface area contributed by atoms with Gasteiger partial charge in [0.25, 0.3) is 11.9 Å². The fourth-order valence-electron chi connectivity index (χ4n) is 4.42. The molecule has 0 bridgehead atoms. The van der Waals surface area contributed by atoms with Crippen molar-refractivity contribution >= 4 is 28.7 Å². The molecule has 5 heterocycles. The molecular weight excluding hydrogens is 480 g/mol. The third kappa shape index (κ3) is 4.41. The number of hydrogen-bond donors (Lipinski definition) is 2. The molecular formula is C23H23ClN4O7. The molecule has 12 heteroatoms. The Hall–Kier alpha value is -2.96. The Morgan fingerprint density at radius 3 is 2.69 bits per heavy atom. The molecule has 3 aliphatic rings. The topological polar surface area (TPSA) is 128 Å². The van der Waals surface area contributed by atoms with Crippen LogP contribution >= 0.6 is 11.6 Å². The van der Waals surface area contributed by atoms with Crippen molar-refractivity contribution in [1.82, 2.24) is 19.9 Å². The Morgan fingerprint density at radius 1 is 1.11 bits per heavy atom. The second-order valence-corrected chi connectivity index (χ2v) is 8.95. The number of benzene rings is 1. The van der Waals surface area contributed by atoms with Crippen LogP contribution in [0.15, 0.2) is 30.3 Å². The quantitative estimate of drug-likeness (QED) is 0.536. The van der Waals surface area contributed by atoms with E-state index in [1.807, 2.05) is 0 Å².